The maximum absolute atomic E-state index is 14.2. The molecule has 55 heavy (non-hydrogen) atoms. The number of hydrogen-bond acceptors (Lipinski definition) is 10. The Labute approximate surface area is 316 Å². The highest BCUT2D eigenvalue weighted by Gasteiger charge is 2.61. The highest BCUT2D eigenvalue weighted by atomic mass is 28.3. The van der Waals surface area contributed by atoms with Crippen LogP contribution in [0.4, 0.5) is 10.5 Å². The number of nitrogens with one attached hydrogen (secondary N) is 4. The molecule has 0 saturated heterocycles. The van der Waals surface area contributed by atoms with Crippen LogP contribution in [0.5, 0.6) is 11.5 Å². The molecule has 280 valence electrons. The number of aromatic hydroxyl groups is 1. The minimum atomic E-state index is -1.45. The first-order valence-corrected chi connectivity index (χ1v) is 22.4. The number of alkyl carbamates (subject to hydrolysis) is 1. The van der Waals surface area contributed by atoms with Gasteiger partial charge in [0.1, 0.15) is 29.0 Å². The van der Waals surface area contributed by atoms with Crippen LogP contribution in [0.15, 0.2) is 69.8 Å². The third-order valence-corrected chi connectivity index (χ3v) is 13.0. The molecule has 1 spiro atoms. The Morgan fingerprint density at radius 2 is 1.93 bits per heavy atom. The lowest BCUT2D eigenvalue weighted by molar-refractivity contribution is -0.124. The molecule has 0 fully saturated rings. The molecule has 6 aromatic rings. The molecule has 3 aromatic heterocycles. The van der Waals surface area contributed by atoms with Crippen LogP contribution in [-0.4, -0.2) is 59.0 Å². The number of H-pyrrole nitrogens is 1. The van der Waals surface area contributed by atoms with Gasteiger partial charge in [-0.1, -0.05) is 63.8 Å². The average Bonchev–Trinajstić information content (AvgIpc) is 3.96. The van der Waals surface area contributed by atoms with Crippen molar-refractivity contribution >= 4 is 36.7 Å². The van der Waals surface area contributed by atoms with E-state index in [1.807, 2.05) is 50.2 Å². The lowest BCUT2D eigenvalue weighted by atomic mass is 9.72. The summed E-state index contributed by atoms with van der Waals surface area (Å²) in [4.78, 5) is 40.5. The van der Waals surface area contributed by atoms with E-state index in [-0.39, 0.29) is 36.5 Å². The van der Waals surface area contributed by atoms with Gasteiger partial charge in [0.2, 0.25) is 17.7 Å². The number of hydrogen-bond donors (Lipinski definition) is 5. The molecule has 0 aliphatic carbocycles. The van der Waals surface area contributed by atoms with Crippen LogP contribution in [0.1, 0.15) is 48.2 Å². The van der Waals surface area contributed by atoms with E-state index in [1.165, 1.54) is 0 Å². The smallest absolute Gasteiger partial charge is 0.407 e. The molecule has 10 bridgehead atoms. The first-order valence-electron chi connectivity index (χ1n) is 18.7. The van der Waals surface area contributed by atoms with E-state index in [0.29, 0.717) is 28.5 Å². The Morgan fingerprint density at radius 1 is 1.07 bits per heavy atom. The fraction of sp³-hybridized carbons (Fsp3) is 0.317. The molecular weight excluding hydrogens is 717 g/mol. The lowest BCUT2D eigenvalue weighted by Crippen LogP contribution is -2.50. The van der Waals surface area contributed by atoms with Crippen molar-refractivity contribution in [1.82, 2.24) is 25.6 Å². The molecule has 4 atom stereocenters. The number of phenolic OH excluding ortho intramolecular Hbond substituents is 1. The summed E-state index contributed by atoms with van der Waals surface area (Å²) in [6.45, 7) is 10.9. The molecule has 4 aliphatic heterocycles. The zero-order chi connectivity index (χ0) is 38.0. The van der Waals surface area contributed by atoms with Crippen molar-refractivity contribution in [2.75, 3.05) is 11.9 Å². The zero-order valence-electron chi connectivity index (χ0n) is 31.0. The van der Waals surface area contributed by atoms with Crippen LogP contribution in [0.3, 0.4) is 0 Å². The molecular formula is C41H40N6O7Si. The summed E-state index contributed by atoms with van der Waals surface area (Å²) >= 11 is 0. The summed E-state index contributed by atoms with van der Waals surface area (Å²) in [6.07, 6.45) is 2.33. The van der Waals surface area contributed by atoms with Crippen molar-refractivity contribution in [1.29, 1.82) is 0 Å². The first-order chi connectivity index (χ1) is 26.4. The maximum Gasteiger partial charge on any atom is 0.407 e. The number of benzene rings is 3. The summed E-state index contributed by atoms with van der Waals surface area (Å²) in [5.74, 6) is 1.61. The zero-order valence-corrected chi connectivity index (χ0v) is 32.0. The average molecular weight is 757 g/mol. The van der Waals surface area contributed by atoms with Gasteiger partial charge in [0, 0.05) is 54.0 Å². The molecule has 4 aliphatic rings. The summed E-state index contributed by atoms with van der Waals surface area (Å²) in [7, 11) is -1.45. The Kier molecular flexibility index (Phi) is 7.16. The van der Waals surface area contributed by atoms with Crippen LogP contribution < -0.4 is 20.7 Å². The van der Waals surface area contributed by atoms with Crippen molar-refractivity contribution in [3.8, 4) is 45.5 Å². The number of amides is 2. The Hall–Kier alpha value is -6.02. The number of aromatic amines is 1. The minimum absolute atomic E-state index is 0.110. The minimum Gasteiger partial charge on any atom is -0.506 e. The SMILES string of the molecule is CC(C)C1NC(=O)C(NC(=O)OCC[Si](C)(C)C)Cc2ccc3c(c2)C24c5cccc(c5NC2O3)-c2ccc(O)c3[nH]cc(c23)-c2cnc(o2)-c2nc1oc24. The number of anilines is 1. The number of phenols is 1. The van der Waals surface area contributed by atoms with Crippen LogP contribution in [0.2, 0.25) is 25.7 Å². The fourth-order valence-electron chi connectivity index (χ4n) is 8.54. The second-order valence-corrected chi connectivity index (χ2v) is 22.1. The number of rotatable bonds is 5. The lowest BCUT2D eigenvalue weighted by Gasteiger charge is -2.28. The number of para-hydroxylation sites is 1. The van der Waals surface area contributed by atoms with E-state index in [0.717, 1.165) is 50.5 Å². The highest BCUT2D eigenvalue weighted by molar-refractivity contribution is 6.76. The topological polar surface area (TPSA) is 177 Å². The van der Waals surface area contributed by atoms with Crippen molar-refractivity contribution in [2.24, 2.45) is 5.92 Å². The van der Waals surface area contributed by atoms with Gasteiger partial charge in [0.15, 0.2) is 23.4 Å². The number of aromatic nitrogens is 3. The number of carbonyl (C=O) groups excluding carboxylic acids is 2. The van der Waals surface area contributed by atoms with Gasteiger partial charge >= 0.3 is 6.09 Å². The fourth-order valence-corrected chi connectivity index (χ4v) is 9.25. The maximum atomic E-state index is 14.2. The first kappa shape index (κ1) is 33.5. The summed E-state index contributed by atoms with van der Waals surface area (Å²) in [5.41, 5.74) is 5.68. The number of carbonyl (C=O) groups is 2. The summed E-state index contributed by atoms with van der Waals surface area (Å²) < 4.78 is 26.0. The van der Waals surface area contributed by atoms with Crippen molar-refractivity contribution in [3.05, 3.63) is 89.3 Å². The number of nitrogens with zero attached hydrogens (tertiary/aromatic N) is 2. The third-order valence-electron chi connectivity index (χ3n) is 11.3. The molecule has 2 amide bonds. The molecule has 5 N–H and O–H groups in total. The molecule has 13 nitrogen and oxygen atoms in total. The second-order valence-electron chi connectivity index (χ2n) is 16.4. The van der Waals surface area contributed by atoms with Crippen LogP contribution >= 0.6 is 0 Å². The van der Waals surface area contributed by atoms with Crippen LogP contribution in [0, 0.1) is 5.92 Å². The third kappa shape index (κ3) is 4.96. The van der Waals surface area contributed by atoms with E-state index in [4.69, 9.17) is 28.3 Å². The van der Waals surface area contributed by atoms with Gasteiger partial charge in [-0.2, -0.15) is 0 Å². The van der Waals surface area contributed by atoms with E-state index in [9.17, 15) is 14.7 Å². The molecule has 0 radical (unpaired) electrons. The Balaban J connectivity index is 1.21. The van der Waals surface area contributed by atoms with Gasteiger partial charge in [0.05, 0.1) is 18.3 Å². The molecule has 4 unspecified atom stereocenters. The predicted molar refractivity (Wildman–Crippen MR) is 207 cm³/mol. The van der Waals surface area contributed by atoms with Crippen molar-refractivity contribution in [3.63, 3.8) is 0 Å². The van der Waals surface area contributed by atoms with Gasteiger partial charge in [-0.05, 0) is 41.3 Å². The van der Waals surface area contributed by atoms with E-state index in [1.54, 1.807) is 18.5 Å². The van der Waals surface area contributed by atoms with E-state index >= 15 is 0 Å². The number of ether oxygens (including phenoxy) is 2. The number of oxazole rings is 2. The van der Waals surface area contributed by atoms with Crippen LogP contribution in [0.25, 0.3) is 44.9 Å². The molecule has 3 aromatic carbocycles. The Bertz CT molecular complexity index is 2580. The van der Waals surface area contributed by atoms with Crippen LogP contribution in [-0.2, 0) is 21.4 Å². The molecule has 10 rings (SSSR count). The predicted octanol–water partition coefficient (Wildman–Crippen LogP) is 7.44. The molecule has 0 saturated carbocycles. The summed E-state index contributed by atoms with van der Waals surface area (Å²) in [6, 6.07) is 14.7. The monoisotopic (exact) mass is 756 g/mol. The molecule has 7 heterocycles. The van der Waals surface area contributed by atoms with Gasteiger partial charge in [-0.3, -0.25) is 4.79 Å². The second kappa shape index (κ2) is 11.7. The Morgan fingerprint density at radius 3 is 2.75 bits per heavy atom. The van der Waals surface area contributed by atoms with Crippen molar-refractivity contribution in [2.45, 2.75) is 69.7 Å². The number of fused-ring (bicyclic) bond motifs is 7. The highest BCUT2D eigenvalue weighted by Crippen LogP contribution is 2.61. The molecule has 14 heteroatoms. The quantitative estimate of drug-likeness (QED) is 0.111. The van der Waals surface area contributed by atoms with Gasteiger partial charge in [-0.25, -0.2) is 14.8 Å². The van der Waals surface area contributed by atoms with E-state index < -0.39 is 43.8 Å². The standard InChI is InChI=1S/C41H40N6O7Si/c1-19(2)31-38-46-34-35(54-38)41-24-8-6-7-22(21-10-11-27(48)33-30(21)23(17-42-33)29-18-43-37(34)52-29)32(24)47-39(41)53-28-12-9-20(15-25(28)41)16-26(36(49)45-31)44-40(50)51-13-14-55(3,4)5/h6-12,15,17-19,26,31,39,42,47-48H,13-14,16H2,1-5H3,(H,44,50)(H,45,49). The normalized spacial score (nSPS) is 21.6. The van der Waals surface area contributed by atoms with Gasteiger partial charge < -0.3 is 44.3 Å². The largest absolute Gasteiger partial charge is 0.506 e. The van der Waals surface area contributed by atoms with E-state index in [2.05, 4.69) is 46.6 Å². The van der Waals surface area contributed by atoms with Gasteiger partial charge in [-0.15, -0.1) is 0 Å². The van der Waals surface area contributed by atoms with Crippen molar-refractivity contribution < 1.29 is 33.0 Å². The van der Waals surface area contributed by atoms with Gasteiger partial charge in [0.25, 0.3) is 0 Å². The summed E-state index contributed by atoms with van der Waals surface area (Å²) in [5, 5.41) is 21.5.